The van der Waals surface area contributed by atoms with Gasteiger partial charge in [-0.25, -0.2) is 0 Å². The SMILES string of the molecule is CC(C)OCC1C[C@H](NC2CCC(O)(c3ccccn3)CC2)CN1C(=O)CNC(=O)c1cccc(C(F)(F)F)c1. The molecule has 2 heterocycles. The van der Waals surface area contributed by atoms with Gasteiger partial charge in [-0.1, -0.05) is 12.1 Å². The van der Waals surface area contributed by atoms with E-state index in [9.17, 15) is 27.9 Å². The van der Waals surface area contributed by atoms with Gasteiger partial charge in [0.1, 0.15) is 5.60 Å². The number of nitrogens with one attached hydrogen (secondary N) is 2. The zero-order chi connectivity index (χ0) is 28.9. The van der Waals surface area contributed by atoms with Crippen LogP contribution in [0.1, 0.15) is 67.6 Å². The number of amides is 2. The van der Waals surface area contributed by atoms with Gasteiger partial charge in [-0.15, -0.1) is 0 Å². The van der Waals surface area contributed by atoms with Crippen molar-refractivity contribution >= 4 is 11.8 Å². The van der Waals surface area contributed by atoms with E-state index in [-0.39, 0.29) is 42.2 Å². The second kappa shape index (κ2) is 12.7. The maximum absolute atomic E-state index is 13.2. The summed E-state index contributed by atoms with van der Waals surface area (Å²) in [7, 11) is 0. The van der Waals surface area contributed by atoms with Crippen LogP contribution in [0.2, 0.25) is 0 Å². The Morgan fingerprint density at radius 1 is 1.15 bits per heavy atom. The highest BCUT2D eigenvalue weighted by atomic mass is 19.4. The zero-order valence-corrected chi connectivity index (χ0v) is 22.8. The molecule has 8 nitrogen and oxygen atoms in total. The molecule has 1 saturated carbocycles. The van der Waals surface area contributed by atoms with E-state index in [1.165, 1.54) is 6.07 Å². The maximum Gasteiger partial charge on any atom is 0.416 e. The highest BCUT2D eigenvalue weighted by Gasteiger charge is 2.40. The van der Waals surface area contributed by atoms with Crippen LogP contribution in [0.4, 0.5) is 13.2 Å². The molecule has 40 heavy (non-hydrogen) atoms. The lowest BCUT2D eigenvalue weighted by Crippen LogP contribution is -2.47. The second-order valence-electron chi connectivity index (χ2n) is 11.0. The number of nitrogens with zero attached hydrogens (tertiary/aromatic N) is 2. The lowest BCUT2D eigenvalue weighted by molar-refractivity contribution is -0.137. The number of hydrogen-bond donors (Lipinski definition) is 3. The number of aromatic nitrogens is 1. The van der Waals surface area contributed by atoms with E-state index in [1.807, 2.05) is 32.0 Å². The van der Waals surface area contributed by atoms with Gasteiger partial charge in [0, 0.05) is 30.4 Å². The minimum atomic E-state index is -4.57. The van der Waals surface area contributed by atoms with Crippen LogP contribution in [0, 0.1) is 0 Å². The summed E-state index contributed by atoms with van der Waals surface area (Å²) in [5.74, 6) is -1.07. The Bertz CT molecular complexity index is 1150. The lowest BCUT2D eigenvalue weighted by atomic mass is 9.79. The van der Waals surface area contributed by atoms with Crippen LogP contribution in [0.3, 0.4) is 0 Å². The van der Waals surface area contributed by atoms with Crippen LogP contribution >= 0.6 is 0 Å². The topological polar surface area (TPSA) is 104 Å². The molecule has 0 bridgehead atoms. The van der Waals surface area contributed by atoms with Crippen LogP contribution in [-0.4, -0.2) is 70.7 Å². The highest BCUT2D eigenvalue weighted by molar-refractivity contribution is 5.96. The number of carbonyl (C=O) groups is 2. The van der Waals surface area contributed by atoms with Crippen molar-refractivity contribution in [3.63, 3.8) is 0 Å². The fraction of sp³-hybridized carbons (Fsp3) is 0.552. The molecule has 2 aromatic rings. The standard InChI is InChI=1S/C29H37F3N4O4/c1-19(2)40-18-24-15-23(35-22-9-11-28(39,12-10-22)25-8-3-4-13-33-25)17-36(24)26(37)16-34-27(38)20-6-5-7-21(14-20)29(30,31)32/h3-8,13-14,19,22-24,35,39H,9-12,15-18H2,1-2H3,(H,34,38)/t22?,23-,24?,28?/m0/s1. The van der Waals surface area contributed by atoms with Crippen molar-refractivity contribution in [2.24, 2.45) is 0 Å². The summed E-state index contributed by atoms with van der Waals surface area (Å²) in [6.45, 7) is 4.26. The zero-order valence-electron chi connectivity index (χ0n) is 22.8. The van der Waals surface area contributed by atoms with Gasteiger partial charge in [0.15, 0.2) is 0 Å². The minimum Gasteiger partial charge on any atom is -0.384 e. The number of hydrogen-bond acceptors (Lipinski definition) is 6. The van der Waals surface area contributed by atoms with Crippen LogP contribution in [0.25, 0.3) is 0 Å². The first-order chi connectivity index (χ1) is 18.9. The fourth-order valence-electron chi connectivity index (χ4n) is 5.49. The van der Waals surface area contributed by atoms with E-state index in [2.05, 4.69) is 15.6 Å². The molecule has 4 rings (SSSR count). The number of ether oxygens (including phenoxy) is 1. The summed E-state index contributed by atoms with van der Waals surface area (Å²) in [5, 5.41) is 17.2. The van der Waals surface area contributed by atoms with Crippen molar-refractivity contribution < 1.29 is 32.6 Å². The summed E-state index contributed by atoms with van der Waals surface area (Å²) in [6, 6.07) is 9.64. The van der Waals surface area contributed by atoms with Crippen molar-refractivity contribution in [3.8, 4) is 0 Å². The summed E-state index contributed by atoms with van der Waals surface area (Å²) < 4.78 is 44.9. The van der Waals surface area contributed by atoms with E-state index >= 15 is 0 Å². The Balaban J connectivity index is 1.33. The molecule has 0 radical (unpaired) electrons. The summed E-state index contributed by atoms with van der Waals surface area (Å²) in [6.07, 6.45) is 0.451. The Morgan fingerprint density at radius 3 is 2.55 bits per heavy atom. The van der Waals surface area contributed by atoms with Gasteiger partial charge in [-0.2, -0.15) is 13.2 Å². The molecule has 1 unspecified atom stereocenters. The average Bonchev–Trinajstić information content (AvgIpc) is 3.34. The van der Waals surface area contributed by atoms with E-state index < -0.39 is 23.2 Å². The van der Waals surface area contributed by atoms with Crippen LogP contribution in [0.5, 0.6) is 0 Å². The molecule has 1 saturated heterocycles. The van der Waals surface area contributed by atoms with Crippen LogP contribution in [0.15, 0.2) is 48.7 Å². The molecule has 0 spiro atoms. The van der Waals surface area contributed by atoms with Crippen molar-refractivity contribution in [1.29, 1.82) is 0 Å². The quantitative estimate of drug-likeness (QED) is 0.431. The van der Waals surface area contributed by atoms with Gasteiger partial charge >= 0.3 is 6.18 Å². The fourth-order valence-corrected chi connectivity index (χ4v) is 5.49. The maximum atomic E-state index is 13.2. The van der Waals surface area contributed by atoms with E-state index in [1.54, 1.807) is 11.1 Å². The molecule has 2 aliphatic rings. The first kappa shape index (κ1) is 30.0. The third-order valence-corrected chi connectivity index (χ3v) is 7.63. The molecule has 1 aromatic carbocycles. The Morgan fingerprint density at radius 2 is 1.90 bits per heavy atom. The molecule has 1 aliphatic carbocycles. The van der Waals surface area contributed by atoms with Gasteiger partial charge in [-0.05, 0) is 76.3 Å². The molecular weight excluding hydrogens is 525 g/mol. The third kappa shape index (κ3) is 7.58. The molecule has 2 atom stereocenters. The number of likely N-dealkylation sites (tertiary alicyclic amines) is 1. The molecule has 2 fully saturated rings. The number of carbonyl (C=O) groups excluding carboxylic acids is 2. The third-order valence-electron chi connectivity index (χ3n) is 7.63. The first-order valence-corrected chi connectivity index (χ1v) is 13.7. The van der Waals surface area contributed by atoms with Gasteiger partial charge < -0.3 is 25.4 Å². The van der Waals surface area contributed by atoms with E-state index in [0.29, 0.717) is 38.1 Å². The normalized spacial score (nSPS) is 25.3. The smallest absolute Gasteiger partial charge is 0.384 e. The summed E-state index contributed by atoms with van der Waals surface area (Å²) in [5.41, 5.74) is -1.34. The second-order valence-corrected chi connectivity index (χ2v) is 11.0. The van der Waals surface area contributed by atoms with Crippen molar-refractivity contribution in [2.45, 2.75) is 82.0 Å². The first-order valence-electron chi connectivity index (χ1n) is 13.7. The molecule has 1 aliphatic heterocycles. The number of benzene rings is 1. The molecule has 3 N–H and O–H groups in total. The van der Waals surface area contributed by atoms with Crippen molar-refractivity contribution in [1.82, 2.24) is 20.5 Å². The molecule has 11 heteroatoms. The predicted octanol–water partition coefficient (Wildman–Crippen LogP) is 3.64. The number of aliphatic hydroxyl groups is 1. The van der Waals surface area contributed by atoms with Gasteiger partial charge in [0.05, 0.1) is 36.6 Å². The van der Waals surface area contributed by atoms with Gasteiger partial charge in [0.25, 0.3) is 5.91 Å². The van der Waals surface area contributed by atoms with Crippen molar-refractivity contribution in [3.05, 3.63) is 65.5 Å². The molecule has 2 amide bonds. The monoisotopic (exact) mass is 562 g/mol. The molecular formula is C29H37F3N4O4. The highest BCUT2D eigenvalue weighted by Crippen LogP contribution is 2.36. The number of alkyl halides is 3. The van der Waals surface area contributed by atoms with Gasteiger partial charge in [0.2, 0.25) is 5.91 Å². The number of halogens is 3. The Hall–Kier alpha value is -3.02. The van der Waals surface area contributed by atoms with E-state index in [0.717, 1.165) is 31.0 Å². The number of rotatable bonds is 9. The molecule has 218 valence electrons. The summed E-state index contributed by atoms with van der Waals surface area (Å²) in [4.78, 5) is 31.7. The van der Waals surface area contributed by atoms with Gasteiger partial charge in [-0.3, -0.25) is 14.6 Å². The Kier molecular flexibility index (Phi) is 9.48. The van der Waals surface area contributed by atoms with E-state index in [4.69, 9.17) is 4.74 Å². The minimum absolute atomic E-state index is 0.00919. The Labute approximate surface area is 232 Å². The van der Waals surface area contributed by atoms with Crippen LogP contribution in [-0.2, 0) is 21.3 Å². The average molecular weight is 563 g/mol. The largest absolute Gasteiger partial charge is 0.416 e. The predicted molar refractivity (Wildman–Crippen MR) is 142 cm³/mol. The van der Waals surface area contributed by atoms with Crippen LogP contribution < -0.4 is 10.6 Å². The molecule has 1 aromatic heterocycles. The van der Waals surface area contributed by atoms with Crippen molar-refractivity contribution in [2.75, 3.05) is 19.7 Å². The summed E-state index contributed by atoms with van der Waals surface area (Å²) >= 11 is 0. The number of pyridine rings is 1. The lowest BCUT2D eigenvalue weighted by Gasteiger charge is -2.37.